The molecule has 0 fully saturated rings. The van der Waals surface area contributed by atoms with Crippen LogP contribution in [0.25, 0.3) is 0 Å². The second-order valence-corrected chi connectivity index (χ2v) is 4.32. The lowest BCUT2D eigenvalue weighted by atomic mass is 9.93. The molecule has 0 heterocycles. The number of phenolic OH excluding ortho intramolecular Hbond substituents is 1. The molecule has 0 spiro atoms. The van der Waals surface area contributed by atoms with Crippen LogP contribution in [0.5, 0.6) is 5.75 Å². The number of aromatic hydroxyl groups is 1. The molecule has 1 aromatic rings. The molecule has 0 aromatic heterocycles. The summed E-state index contributed by atoms with van der Waals surface area (Å²) in [5.41, 5.74) is 7.45. The molecule has 1 rings (SSSR count). The second-order valence-electron chi connectivity index (χ2n) is 4.32. The first-order valence-corrected chi connectivity index (χ1v) is 5.16. The van der Waals surface area contributed by atoms with Gasteiger partial charge in [-0.25, -0.2) is 0 Å². The Morgan fingerprint density at radius 3 is 2.33 bits per heavy atom. The third-order valence-electron chi connectivity index (χ3n) is 2.60. The molecular formula is C12H19NO2. The number of phenols is 1. The summed E-state index contributed by atoms with van der Waals surface area (Å²) < 4.78 is 0. The zero-order valence-electron chi connectivity index (χ0n) is 9.44. The van der Waals surface area contributed by atoms with Crippen molar-refractivity contribution in [3.8, 4) is 5.75 Å². The molecule has 0 unspecified atom stereocenters. The fraction of sp³-hybridized carbons (Fsp3) is 0.500. The van der Waals surface area contributed by atoms with Gasteiger partial charge >= 0.3 is 0 Å². The Bertz CT molecular complexity index is 336. The van der Waals surface area contributed by atoms with Gasteiger partial charge < -0.3 is 15.9 Å². The van der Waals surface area contributed by atoms with E-state index in [2.05, 4.69) is 0 Å². The zero-order valence-corrected chi connectivity index (χ0v) is 9.44. The quantitative estimate of drug-likeness (QED) is 0.710. The summed E-state index contributed by atoms with van der Waals surface area (Å²) in [5.74, 6) is 0.225. The van der Waals surface area contributed by atoms with Crippen LogP contribution in [0.1, 0.15) is 31.0 Å². The number of aliphatic hydroxyl groups excluding tert-OH is 1. The summed E-state index contributed by atoms with van der Waals surface area (Å²) >= 11 is 0. The second kappa shape index (κ2) is 4.64. The molecule has 84 valence electrons. The lowest BCUT2D eigenvalue weighted by Gasteiger charge is -2.23. The highest BCUT2D eigenvalue weighted by Gasteiger charge is 2.22. The van der Waals surface area contributed by atoms with E-state index in [4.69, 9.17) is 5.73 Å². The maximum atomic E-state index is 9.81. The Kier molecular flexibility index (Phi) is 3.72. The van der Waals surface area contributed by atoms with E-state index in [0.29, 0.717) is 5.56 Å². The van der Waals surface area contributed by atoms with Crippen molar-refractivity contribution in [1.82, 2.24) is 0 Å². The first-order valence-electron chi connectivity index (χ1n) is 5.16. The van der Waals surface area contributed by atoms with Crippen molar-refractivity contribution in [3.63, 3.8) is 0 Å². The van der Waals surface area contributed by atoms with Gasteiger partial charge in [0.1, 0.15) is 5.75 Å². The summed E-state index contributed by atoms with van der Waals surface area (Å²) in [6, 6.07) is 4.76. The SMILES string of the molecule is Cc1ccc([C@H](N)[C@H](O)C(C)C)c(O)c1. The smallest absolute Gasteiger partial charge is 0.120 e. The molecule has 0 aliphatic heterocycles. The summed E-state index contributed by atoms with van der Waals surface area (Å²) in [6.07, 6.45) is -0.640. The minimum absolute atomic E-state index is 0.0701. The molecule has 0 saturated carbocycles. The molecule has 0 radical (unpaired) electrons. The van der Waals surface area contributed by atoms with Gasteiger partial charge in [0.2, 0.25) is 0 Å². The number of aliphatic hydroxyl groups is 1. The van der Waals surface area contributed by atoms with E-state index in [0.717, 1.165) is 5.56 Å². The minimum Gasteiger partial charge on any atom is -0.508 e. The van der Waals surface area contributed by atoms with Crippen LogP contribution in [0.4, 0.5) is 0 Å². The number of hydrogen-bond acceptors (Lipinski definition) is 3. The van der Waals surface area contributed by atoms with E-state index in [1.807, 2.05) is 26.8 Å². The lowest BCUT2D eigenvalue weighted by molar-refractivity contribution is 0.0970. The Hall–Kier alpha value is -1.06. The Morgan fingerprint density at radius 1 is 1.27 bits per heavy atom. The van der Waals surface area contributed by atoms with Crippen LogP contribution < -0.4 is 5.73 Å². The normalized spacial score (nSPS) is 15.3. The minimum atomic E-state index is -0.640. The van der Waals surface area contributed by atoms with Crippen LogP contribution in [0, 0.1) is 12.8 Å². The van der Waals surface area contributed by atoms with Gasteiger partial charge in [0.05, 0.1) is 12.1 Å². The Morgan fingerprint density at radius 2 is 1.87 bits per heavy atom. The molecule has 0 aliphatic carbocycles. The van der Waals surface area contributed by atoms with Gasteiger partial charge in [-0.05, 0) is 24.5 Å². The molecule has 15 heavy (non-hydrogen) atoms. The van der Waals surface area contributed by atoms with Gasteiger partial charge in [0, 0.05) is 5.56 Å². The molecule has 0 amide bonds. The van der Waals surface area contributed by atoms with Crippen LogP contribution in [-0.4, -0.2) is 16.3 Å². The highest BCUT2D eigenvalue weighted by atomic mass is 16.3. The third-order valence-corrected chi connectivity index (χ3v) is 2.60. The molecular weight excluding hydrogens is 190 g/mol. The monoisotopic (exact) mass is 209 g/mol. The van der Waals surface area contributed by atoms with Crippen LogP contribution >= 0.6 is 0 Å². The van der Waals surface area contributed by atoms with Crippen LogP contribution in [0.15, 0.2) is 18.2 Å². The predicted octanol–water partition coefficient (Wildman–Crippen LogP) is 1.72. The van der Waals surface area contributed by atoms with Crippen molar-refractivity contribution in [2.45, 2.75) is 32.9 Å². The van der Waals surface area contributed by atoms with E-state index < -0.39 is 12.1 Å². The highest BCUT2D eigenvalue weighted by Crippen LogP contribution is 2.27. The summed E-state index contributed by atoms with van der Waals surface area (Å²) in [6.45, 7) is 5.69. The van der Waals surface area contributed by atoms with Gasteiger partial charge in [-0.3, -0.25) is 0 Å². The largest absolute Gasteiger partial charge is 0.508 e. The van der Waals surface area contributed by atoms with Gasteiger partial charge in [-0.15, -0.1) is 0 Å². The molecule has 0 aliphatic rings. The van der Waals surface area contributed by atoms with E-state index >= 15 is 0 Å². The van der Waals surface area contributed by atoms with Crippen molar-refractivity contribution in [2.75, 3.05) is 0 Å². The van der Waals surface area contributed by atoms with Gasteiger partial charge in [-0.1, -0.05) is 26.0 Å². The highest BCUT2D eigenvalue weighted by molar-refractivity contribution is 5.38. The fourth-order valence-electron chi connectivity index (χ4n) is 1.53. The predicted molar refractivity (Wildman–Crippen MR) is 60.6 cm³/mol. The van der Waals surface area contributed by atoms with Gasteiger partial charge in [-0.2, -0.15) is 0 Å². The van der Waals surface area contributed by atoms with Crippen molar-refractivity contribution >= 4 is 0 Å². The molecule has 4 N–H and O–H groups in total. The van der Waals surface area contributed by atoms with Crippen LogP contribution in [-0.2, 0) is 0 Å². The van der Waals surface area contributed by atoms with E-state index in [1.54, 1.807) is 12.1 Å². The molecule has 0 bridgehead atoms. The number of aryl methyl sites for hydroxylation is 1. The van der Waals surface area contributed by atoms with Crippen molar-refractivity contribution < 1.29 is 10.2 Å². The molecule has 0 saturated heterocycles. The molecule has 2 atom stereocenters. The van der Waals surface area contributed by atoms with Crippen molar-refractivity contribution in [1.29, 1.82) is 0 Å². The number of nitrogens with two attached hydrogens (primary N) is 1. The summed E-state index contributed by atoms with van der Waals surface area (Å²) in [4.78, 5) is 0. The molecule has 3 nitrogen and oxygen atoms in total. The zero-order chi connectivity index (χ0) is 11.6. The standard InChI is InChI=1S/C12H19NO2/c1-7(2)12(15)11(13)9-5-4-8(3)6-10(9)14/h4-7,11-12,14-15H,13H2,1-3H3/t11-,12+/m0/s1. The number of rotatable bonds is 3. The number of benzene rings is 1. The topological polar surface area (TPSA) is 66.5 Å². The Labute approximate surface area is 90.5 Å². The van der Waals surface area contributed by atoms with E-state index in [9.17, 15) is 10.2 Å². The lowest BCUT2D eigenvalue weighted by Crippen LogP contribution is -2.30. The van der Waals surface area contributed by atoms with E-state index in [-0.39, 0.29) is 11.7 Å². The summed E-state index contributed by atoms with van der Waals surface area (Å²) in [7, 11) is 0. The number of hydrogen-bond donors (Lipinski definition) is 3. The van der Waals surface area contributed by atoms with Crippen molar-refractivity contribution in [2.24, 2.45) is 11.7 Å². The van der Waals surface area contributed by atoms with Crippen LogP contribution in [0.3, 0.4) is 0 Å². The first-order chi connectivity index (χ1) is 6.93. The third kappa shape index (κ3) is 2.70. The van der Waals surface area contributed by atoms with Crippen LogP contribution in [0.2, 0.25) is 0 Å². The maximum absolute atomic E-state index is 9.81. The van der Waals surface area contributed by atoms with Crippen molar-refractivity contribution in [3.05, 3.63) is 29.3 Å². The average Bonchev–Trinajstić information content (AvgIpc) is 2.15. The maximum Gasteiger partial charge on any atom is 0.120 e. The fourth-order valence-corrected chi connectivity index (χ4v) is 1.53. The Balaban J connectivity index is 2.96. The van der Waals surface area contributed by atoms with Gasteiger partial charge in [0.25, 0.3) is 0 Å². The molecule has 3 heteroatoms. The first kappa shape index (κ1) is 12.0. The average molecular weight is 209 g/mol. The molecule has 1 aromatic carbocycles. The summed E-state index contributed by atoms with van der Waals surface area (Å²) in [5, 5.41) is 19.5. The van der Waals surface area contributed by atoms with E-state index in [1.165, 1.54) is 0 Å². The van der Waals surface area contributed by atoms with Gasteiger partial charge in [0.15, 0.2) is 0 Å².